The number of hydrogen-bond donors (Lipinski definition) is 3. The Morgan fingerprint density at radius 3 is 2.70 bits per heavy atom. The van der Waals surface area contributed by atoms with Gasteiger partial charge in [0.15, 0.2) is 10.9 Å². The molecule has 1 saturated heterocycles. The Hall–Kier alpha value is -3.27. The molecule has 0 radical (unpaired) electrons. The van der Waals surface area contributed by atoms with Gasteiger partial charge in [0, 0.05) is 43.7 Å². The zero-order chi connectivity index (χ0) is 23.2. The first-order valence-electron chi connectivity index (χ1n) is 10.8. The zero-order valence-corrected chi connectivity index (χ0v) is 19.5. The third-order valence-electron chi connectivity index (χ3n) is 5.39. The van der Waals surface area contributed by atoms with Gasteiger partial charge in [-0.25, -0.2) is 9.78 Å². The fourth-order valence-corrected chi connectivity index (χ4v) is 4.41. The number of nitrogens with one attached hydrogen (secondary N) is 3. The molecule has 0 atom stereocenters. The maximum Gasteiger partial charge on any atom is 0.325 e. The normalized spacial score (nSPS) is 14.0. The summed E-state index contributed by atoms with van der Waals surface area (Å²) in [7, 11) is 1.53. The van der Waals surface area contributed by atoms with Gasteiger partial charge >= 0.3 is 6.03 Å². The predicted molar refractivity (Wildman–Crippen MR) is 131 cm³/mol. The van der Waals surface area contributed by atoms with Crippen LogP contribution in [-0.2, 0) is 6.54 Å². The lowest BCUT2D eigenvalue weighted by atomic mass is 9.99. The molecular formula is C24H27N5O3S. The Balaban J connectivity index is 1.46. The Morgan fingerprint density at radius 2 is 1.91 bits per heavy atom. The van der Waals surface area contributed by atoms with E-state index in [1.807, 2.05) is 24.4 Å². The van der Waals surface area contributed by atoms with Gasteiger partial charge in [0.25, 0.3) is 0 Å². The fraction of sp³-hybridized carbons (Fsp3) is 0.292. The SMILES string of the molecule is COc1ccccc1C(=O)c1cc(C)ccc1NC(=O)Nc1nc(CN2CCNCC2)cs1. The Kier molecular flexibility index (Phi) is 7.33. The number of hydrogen-bond acceptors (Lipinski definition) is 7. The molecule has 1 aliphatic heterocycles. The summed E-state index contributed by atoms with van der Waals surface area (Å²) in [6, 6.07) is 11.9. The number of benzene rings is 2. The first-order valence-corrected chi connectivity index (χ1v) is 11.7. The van der Waals surface area contributed by atoms with Gasteiger partial charge in [-0.05, 0) is 31.2 Å². The standard InChI is InChI=1S/C24H27N5O3S/c1-16-7-8-20(19(13-16)22(30)18-5-3-4-6-21(18)32-2)27-23(31)28-24-26-17(15-33-24)14-29-11-9-25-10-12-29/h3-8,13,15,25H,9-12,14H2,1-2H3,(H2,26,27,28,31). The molecule has 1 aliphatic rings. The number of amides is 2. The molecule has 1 fully saturated rings. The number of para-hydroxylation sites is 1. The summed E-state index contributed by atoms with van der Waals surface area (Å²) < 4.78 is 5.34. The van der Waals surface area contributed by atoms with Crippen LogP contribution in [-0.4, -0.2) is 55.0 Å². The number of ketones is 1. The van der Waals surface area contributed by atoms with Gasteiger partial charge < -0.3 is 15.4 Å². The number of thiazole rings is 1. The minimum absolute atomic E-state index is 0.223. The molecule has 33 heavy (non-hydrogen) atoms. The highest BCUT2D eigenvalue weighted by molar-refractivity contribution is 7.13. The number of aromatic nitrogens is 1. The molecule has 2 aromatic carbocycles. The Morgan fingerprint density at radius 1 is 1.12 bits per heavy atom. The monoisotopic (exact) mass is 465 g/mol. The number of methoxy groups -OCH3 is 1. The Bertz CT molecular complexity index is 1140. The van der Waals surface area contributed by atoms with Gasteiger partial charge in [0.05, 0.1) is 24.1 Å². The molecule has 2 amide bonds. The first-order chi connectivity index (χ1) is 16.0. The van der Waals surface area contributed by atoms with Gasteiger partial charge in [-0.2, -0.15) is 0 Å². The smallest absolute Gasteiger partial charge is 0.325 e. The van der Waals surface area contributed by atoms with E-state index in [4.69, 9.17) is 4.74 Å². The van der Waals surface area contributed by atoms with Crippen LogP contribution >= 0.6 is 11.3 Å². The zero-order valence-electron chi connectivity index (χ0n) is 18.7. The number of carbonyl (C=O) groups excluding carboxylic acids is 2. The van der Waals surface area contributed by atoms with Gasteiger partial charge in [0.2, 0.25) is 0 Å². The van der Waals surface area contributed by atoms with E-state index in [1.165, 1.54) is 18.4 Å². The van der Waals surface area contributed by atoms with Crippen molar-refractivity contribution in [2.75, 3.05) is 43.9 Å². The van der Waals surface area contributed by atoms with Crippen molar-refractivity contribution in [1.29, 1.82) is 0 Å². The van der Waals surface area contributed by atoms with Crippen molar-refractivity contribution in [3.8, 4) is 5.75 Å². The van der Waals surface area contributed by atoms with E-state index in [1.54, 1.807) is 30.3 Å². The van der Waals surface area contributed by atoms with Gasteiger partial charge in [-0.1, -0.05) is 23.8 Å². The number of urea groups is 1. The lowest BCUT2D eigenvalue weighted by Gasteiger charge is -2.26. The van der Waals surface area contributed by atoms with Crippen LogP contribution in [0.15, 0.2) is 47.8 Å². The minimum Gasteiger partial charge on any atom is -0.496 e. The number of aryl methyl sites for hydroxylation is 1. The quantitative estimate of drug-likeness (QED) is 0.460. The lowest BCUT2D eigenvalue weighted by molar-refractivity contribution is 0.103. The van der Waals surface area contributed by atoms with Gasteiger partial charge in [-0.15, -0.1) is 11.3 Å². The van der Waals surface area contributed by atoms with E-state index in [-0.39, 0.29) is 5.78 Å². The molecule has 0 aliphatic carbocycles. The van der Waals surface area contributed by atoms with E-state index in [9.17, 15) is 9.59 Å². The molecule has 0 bridgehead atoms. The number of piperazine rings is 1. The molecule has 0 spiro atoms. The van der Waals surface area contributed by atoms with Crippen molar-refractivity contribution in [3.63, 3.8) is 0 Å². The second-order valence-corrected chi connectivity index (χ2v) is 8.69. The van der Waals surface area contributed by atoms with Crippen LogP contribution in [0.1, 0.15) is 27.2 Å². The fourth-order valence-electron chi connectivity index (χ4n) is 3.72. The van der Waals surface area contributed by atoms with Crippen LogP contribution in [0.25, 0.3) is 0 Å². The largest absolute Gasteiger partial charge is 0.496 e. The van der Waals surface area contributed by atoms with Gasteiger partial charge in [-0.3, -0.25) is 15.0 Å². The number of rotatable bonds is 7. The van der Waals surface area contributed by atoms with Crippen LogP contribution in [0.5, 0.6) is 5.75 Å². The molecule has 1 aromatic heterocycles. The summed E-state index contributed by atoms with van der Waals surface area (Å²) in [4.78, 5) is 32.8. The van der Waals surface area contributed by atoms with Crippen molar-refractivity contribution in [2.45, 2.75) is 13.5 Å². The highest BCUT2D eigenvalue weighted by Crippen LogP contribution is 2.26. The number of ether oxygens (including phenoxy) is 1. The van der Waals surface area contributed by atoms with Crippen LogP contribution in [0, 0.1) is 6.92 Å². The average molecular weight is 466 g/mol. The topological polar surface area (TPSA) is 95.6 Å². The van der Waals surface area contributed by atoms with Crippen molar-refractivity contribution in [2.24, 2.45) is 0 Å². The van der Waals surface area contributed by atoms with Crippen LogP contribution in [0.3, 0.4) is 0 Å². The van der Waals surface area contributed by atoms with Crippen molar-refractivity contribution in [1.82, 2.24) is 15.2 Å². The third kappa shape index (κ3) is 5.75. The highest BCUT2D eigenvalue weighted by atomic mass is 32.1. The minimum atomic E-state index is -0.448. The van der Waals surface area contributed by atoms with Crippen molar-refractivity contribution >= 4 is 34.0 Å². The van der Waals surface area contributed by atoms with E-state index in [2.05, 4.69) is 25.8 Å². The van der Waals surface area contributed by atoms with Gasteiger partial charge in [0.1, 0.15) is 5.75 Å². The molecular weight excluding hydrogens is 438 g/mol. The van der Waals surface area contributed by atoms with Crippen LogP contribution < -0.4 is 20.7 Å². The predicted octanol–water partition coefficient (Wildman–Crippen LogP) is 3.74. The van der Waals surface area contributed by atoms with E-state index in [0.717, 1.165) is 44.0 Å². The van der Waals surface area contributed by atoms with Crippen LogP contribution in [0.2, 0.25) is 0 Å². The molecule has 172 valence electrons. The summed E-state index contributed by atoms with van der Waals surface area (Å²) in [6.45, 7) is 6.58. The van der Waals surface area contributed by atoms with E-state index >= 15 is 0 Å². The maximum absolute atomic E-state index is 13.3. The molecule has 0 saturated carbocycles. The highest BCUT2D eigenvalue weighted by Gasteiger charge is 2.19. The number of nitrogens with zero attached hydrogens (tertiary/aromatic N) is 2. The van der Waals surface area contributed by atoms with Crippen LogP contribution in [0.4, 0.5) is 15.6 Å². The third-order valence-corrected chi connectivity index (χ3v) is 6.19. The summed E-state index contributed by atoms with van der Waals surface area (Å²) in [5.74, 6) is 0.262. The molecule has 4 rings (SSSR count). The summed E-state index contributed by atoms with van der Waals surface area (Å²) in [5.41, 5.74) is 3.10. The second-order valence-electron chi connectivity index (χ2n) is 7.83. The molecule has 3 aromatic rings. The number of anilines is 2. The average Bonchev–Trinajstić information content (AvgIpc) is 3.26. The molecule has 2 heterocycles. The summed E-state index contributed by atoms with van der Waals surface area (Å²) in [5, 5.41) is 11.4. The lowest BCUT2D eigenvalue weighted by Crippen LogP contribution is -2.42. The van der Waals surface area contributed by atoms with Crippen molar-refractivity contribution in [3.05, 3.63) is 70.2 Å². The second kappa shape index (κ2) is 10.6. The maximum atomic E-state index is 13.3. The summed E-state index contributed by atoms with van der Waals surface area (Å²) in [6.07, 6.45) is 0. The Labute approximate surface area is 197 Å². The van der Waals surface area contributed by atoms with Crippen molar-refractivity contribution < 1.29 is 14.3 Å². The van der Waals surface area contributed by atoms with E-state index in [0.29, 0.717) is 27.7 Å². The molecule has 0 unspecified atom stereocenters. The van der Waals surface area contributed by atoms with E-state index < -0.39 is 6.03 Å². The number of carbonyl (C=O) groups is 2. The molecule has 9 heteroatoms. The molecule has 8 nitrogen and oxygen atoms in total. The first kappa shape index (κ1) is 22.9. The summed E-state index contributed by atoms with van der Waals surface area (Å²) >= 11 is 1.38. The molecule has 3 N–H and O–H groups in total.